The molecule has 0 unspecified atom stereocenters. The minimum Gasteiger partial charge on any atom is -0.258 e. The van der Waals surface area contributed by atoms with Gasteiger partial charge in [0, 0.05) is 12.6 Å². The average Bonchev–Trinajstić information content (AvgIpc) is 2.33. The summed E-state index contributed by atoms with van der Waals surface area (Å²) in [5, 5.41) is 0. The van der Waals surface area contributed by atoms with Crippen LogP contribution in [-0.4, -0.2) is 12.6 Å². The highest BCUT2D eigenvalue weighted by molar-refractivity contribution is 4.68. The maximum atomic E-state index is 3.41. The van der Waals surface area contributed by atoms with Crippen LogP contribution in [0.5, 0.6) is 0 Å². The molecule has 2 nitrogen and oxygen atoms in total. The summed E-state index contributed by atoms with van der Waals surface area (Å²) in [6.07, 6.45) is 9.61. The molecule has 0 heterocycles. The molecule has 0 aromatic rings. The Morgan fingerprint density at radius 1 is 1.08 bits per heavy atom. The summed E-state index contributed by atoms with van der Waals surface area (Å²) < 4.78 is 0. The van der Waals surface area contributed by atoms with E-state index in [1.807, 2.05) is 0 Å². The van der Waals surface area contributed by atoms with E-state index < -0.39 is 0 Å². The molecule has 1 aliphatic carbocycles. The molecular formula is C10H22N2. The SMILES string of the molecule is CCCNNC1CCCCCC1. The molecule has 2 heteroatoms. The molecule has 0 aromatic heterocycles. The van der Waals surface area contributed by atoms with Gasteiger partial charge in [0.2, 0.25) is 0 Å². The molecular weight excluding hydrogens is 148 g/mol. The van der Waals surface area contributed by atoms with Gasteiger partial charge in [0.25, 0.3) is 0 Å². The molecule has 1 saturated carbocycles. The van der Waals surface area contributed by atoms with Gasteiger partial charge in [-0.2, -0.15) is 0 Å². The molecule has 1 rings (SSSR count). The lowest BCUT2D eigenvalue weighted by Crippen LogP contribution is -2.40. The maximum Gasteiger partial charge on any atom is 0.0212 e. The highest BCUT2D eigenvalue weighted by Gasteiger charge is 2.10. The smallest absolute Gasteiger partial charge is 0.0212 e. The van der Waals surface area contributed by atoms with E-state index in [1.54, 1.807) is 0 Å². The Morgan fingerprint density at radius 2 is 1.75 bits per heavy atom. The fourth-order valence-electron chi connectivity index (χ4n) is 1.77. The van der Waals surface area contributed by atoms with Crippen LogP contribution < -0.4 is 10.9 Å². The average molecular weight is 170 g/mol. The van der Waals surface area contributed by atoms with Crippen molar-refractivity contribution in [2.75, 3.05) is 6.54 Å². The Kier molecular flexibility index (Phi) is 5.37. The van der Waals surface area contributed by atoms with E-state index >= 15 is 0 Å². The first-order chi connectivity index (χ1) is 5.93. The van der Waals surface area contributed by atoms with Crippen LogP contribution in [0.3, 0.4) is 0 Å². The van der Waals surface area contributed by atoms with Crippen LogP contribution in [0, 0.1) is 0 Å². The number of hydrogen-bond donors (Lipinski definition) is 2. The predicted molar refractivity (Wildman–Crippen MR) is 52.9 cm³/mol. The van der Waals surface area contributed by atoms with E-state index in [2.05, 4.69) is 17.8 Å². The van der Waals surface area contributed by atoms with Crippen molar-refractivity contribution in [1.82, 2.24) is 10.9 Å². The van der Waals surface area contributed by atoms with Gasteiger partial charge in [-0.3, -0.25) is 10.9 Å². The third-order valence-electron chi connectivity index (χ3n) is 2.54. The first-order valence-electron chi connectivity index (χ1n) is 5.42. The van der Waals surface area contributed by atoms with Crippen molar-refractivity contribution in [2.45, 2.75) is 57.9 Å². The van der Waals surface area contributed by atoms with E-state index in [0.29, 0.717) is 0 Å². The Balaban J connectivity index is 2.04. The van der Waals surface area contributed by atoms with Crippen LogP contribution in [0.2, 0.25) is 0 Å². The van der Waals surface area contributed by atoms with Gasteiger partial charge in [0.1, 0.15) is 0 Å². The molecule has 2 N–H and O–H groups in total. The third kappa shape index (κ3) is 4.07. The summed E-state index contributed by atoms with van der Waals surface area (Å²) in [7, 11) is 0. The van der Waals surface area contributed by atoms with Crippen molar-refractivity contribution < 1.29 is 0 Å². The summed E-state index contributed by atoms with van der Waals surface area (Å²) in [6, 6.07) is 0.735. The molecule has 0 radical (unpaired) electrons. The van der Waals surface area contributed by atoms with Crippen molar-refractivity contribution in [1.29, 1.82) is 0 Å². The Hall–Kier alpha value is -0.0800. The minimum absolute atomic E-state index is 0.735. The van der Waals surface area contributed by atoms with E-state index in [9.17, 15) is 0 Å². The van der Waals surface area contributed by atoms with Crippen molar-refractivity contribution in [3.8, 4) is 0 Å². The molecule has 0 atom stereocenters. The van der Waals surface area contributed by atoms with Crippen LogP contribution in [-0.2, 0) is 0 Å². The summed E-state index contributed by atoms with van der Waals surface area (Å²) in [5.41, 5.74) is 6.70. The zero-order valence-corrected chi connectivity index (χ0v) is 8.23. The van der Waals surface area contributed by atoms with Crippen LogP contribution in [0.1, 0.15) is 51.9 Å². The maximum absolute atomic E-state index is 3.41. The van der Waals surface area contributed by atoms with Gasteiger partial charge in [-0.05, 0) is 19.3 Å². The largest absolute Gasteiger partial charge is 0.258 e. The van der Waals surface area contributed by atoms with E-state index in [4.69, 9.17) is 0 Å². The van der Waals surface area contributed by atoms with Gasteiger partial charge in [-0.25, -0.2) is 0 Å². The summed E-state index contributed by atoms with van der Waals surface area (Å²) in [6.45, 7) is 3.29. The second-order valence-electron chi connectivity index (χ2n) is 3.76. The molecule has 12 heavy (non-hydrogen) atoms. The van der Waals surface area contributed by atoms with E-state index in [-0.39, 0.29) is 0 Å². The van der Waals surface area contributed by atoms with Gasteiger partial charge in [-0.1, -0.05) is 32.6 Å². The Morgan fingerprint density at radius 3 is 2.33 bits per heavy atom. The molecule has 0 aliphatic heterocycles. The lowest BCUT2D eigenvalue weighted by Gasteiger charge is -2.16. The van der Waals surface area contributed by atoms with Gasteiger partial charge >= 0.3 is 0 Å². The van der Waals surface area contributed by atoms with Crippen molar-refractivity contribution in [2.24, 2.45) is 0 Å². The topological polar surface area (TPSA) is 24.1 Å². The first-order valence-corrected chi connectivity index (χ1v) is 5.42. The molecule has 1 fully saturated rings. The second-order valence-corrected chi connectivity index (χ2v) is 3.76. The normalized spacial score (nSPS) is 20.8. The summed E-state index contributed by atoms with van der Waals surface area (Å²) in [5.74, 6) is 0. The number of hydrazine groups is 1. The fourth-order valence-corrected chi connectivity index (χ4v) is 1.77. The third-order valence-corrected chi connectivity index (χ3v) is 2.54. The number of nitrogens with one attached hydrogen (secondary N) is 2. The van der Waals surface area contributed by atoms with Crippen molar-refractivity contribution >= 4 is 0 Å². The first kappa shape index (κ1) is 10.0. The quantitative estimate of drug-likeness (QED) is 0.384. The molecule has 1 aliphatic rings. The summed E-state index contributed by atoms with van der Waals surface area (Å²) in [4.78, 5) is 0. The van der Waals surface area contributed by atoms with Gasteiger partial charge in [-0.15, -0.1) is 0 Å². The minimum atomic E-state index is 0.735. The highest BCUT2D eigenvalue weighted by Crippen LogP contribution is 2.16. The fraction of sp³-hybridized carbons (Fsp3) is 1.00. The van der Waals surface area contributed by atoms with Crippen molar-refractivity contribution in [3.05, 3.63) is 0 Å². The second kappa shape index (κ2) is 6.44. The number of rotatable bonds is 4. The van der Waals surface area contributed by atoms with Crippen LogP contribution >= 0.6 is 0 Å². The standard InChI is InChI=1S/C10H22N2/c1-2-9-11-12-10-7-5-3-4-6-8-10/h10-12H,2-9H2,1H3. The molecule has 0 spiro atoms. The van der Waals surface area contributed by atoms with Gasteiger partial charge in [0.05, 0.1) is 0 Å². The molecule has 0 bridgehead atoms. The Labute approximate surface area is 76.1 Å². The van der Waals surface area contributed by atoms with Gasteiger partial charge in [0.15, 0.2) is 0 Å². The number of hydrogen-bond acceptors (Lipinski definition) is 2. The van der Waals surface area contributed by atoms with Crippen LogP contribution in [0.25, 0.3) is 0 Å². The lowest BCUT2D eigenvalue weighted by molar-refractivity contribution is 0.394. The zero-order chi connectivity index (χ0) is 8.65. The van der Waals surface area contributed by atoms with Crippen LogP contribution in [0.4, 0.5) is 0 Å². The molecule has 0 amide bonds. The lowest BCUT2D eigenvalue weighted by atomic mass is 10.1. The monoisotopic (exact) mass is 170 g/mol. The van der Waals surface area contributed by atoms with Crippen molar-refractivity contribution in [3.63, 3.8) is 0 Å². The van der Waals surface area contributed by atoms with Gasteiger partial charge < -0.3 is 0 Å². The zero-order valence-electron chi connectivity index (χ0n) is 8.23. The van der Waals surface area contributed by atoms with E-state index in [1.165, 1.54) is 44.9 Å². The molecule has 0 aromatic carbocycles. The molecule has 72 valence electrons. The highest BCUT2D eigenvalue weighted by atomic mass is 15.4. The molecule has 0 saturated heterocycles. The Bertz CT molecular complexity index is 96.0. The van der Waals surface area contributed by atoms with E-state index in [0.717, 1.165) is 12.6 Å². The van der Waals surface area contributed by atoms with Crippen LogP contribution in [0.15, 0.2) is 0 Å². The summed E-state index contributed by atoms with van der Waals surface area (Å²) >= 11 is 0. The predicted octanol–water partition coefficient (Wildman–Crippen LogP) is 2.21.